The van der Waals surface area contributed by atoms with Gasteiger partial charge in [-0.15, -0.1) is 0 Å². The Morgan fingerprint density at radius 3 is 2.57 bits per heavy atom. The topological polar surface area (TPSA) is 50.4 Å². The minimum atomic E-state index is -0.0517. The van der Waals surface area contributed by atoms with Crippen molar-refractivity contribution in [2.24, 2.45) is 0 Å². The standard InChI is InChI=1S/C17H20N2O2/c1-13-7-3-4-8-14(13)11-19-17(20)12-18-15-9-5-6-10-16(15)21-2/h3-10,18H,11-12H2,1-2H3,(H,19,20). The lowest BCUT2D eigenvalue weighted by atomic mass is 10.1. The zero-order chi connectivity index (χ0) is 15.1. The van der Waals surface area contributed by atoms with Gasteiger partial charge >= 0.3 is 0 Å². The largest absolute Gasteiger partial charge is 0.495 e. The molecule has 110 valence electrons. The molecule has 0 fully saturated rings. The summed E-state index contributed by atoms with van der Waals surface area (Å²) in [5.74, 6) is 0.674. The number of methoxy groups -OCH3 is 1. The summed E-state index contributed by atoms with van der Waals surface area (Å²) in [5.41, 5.74) is 3.12. The van der Waals surface area contributed by atoms with Gasteiger partial charge in [0, 0.05) is 6.54 Å². The Morgan fingerprint density at radius 2 is 1.81 bits per heavy atom. The molecule has 0 spiro atoms. The highest BCUT2D eigenvalue weighted by molar-refractivity contribution is 5.81. The van der Waals surface area contributed by atoms with Crippen LogP contribution in [0.2, 0.25) is 0 Å². The second-order valence-electron chi connectivity index (χ2n) is 4.76. The van der Waals surface area contributed by atoms with E-state index in [0.717, 1.165) is 17.0 Å². The number of amides is 1. The Bertz CT molecular complexity index is 611. The van der Waals surface area contributed by atoms with Crippen LogP contribution in [0.25, 0.3) is 0 Å². The van der Waals surface area contributed by atoms with Crippen LogP contribution in [0.1, 0.15) is 11.1 Å². The van der Waals surface area contributed by atoms with Crippen molar-refractivity contribution < 1.29 is 9.53 Å². The Morgan fingerprint density at radius 1 is 1.10 bits per heavy atom. The number of benzene rings is 2. The fraction of sp³-hybridized carbons (Fsp3) is 0.235. The molecule has 1 amide bonds. The van der Waals surface area contributed by atoms with Crippen LogP contribution in [0.15, 0.2) is 48.5 Å². The van der Waals surface area contributed by atoms with E-state index in [1.54, 1.807) is 7.11 Å². The van der Waals surface area contributed by atoms with Crippen LogP contribution >= 0.6 is 0 Å². The van der Waals surface area contributed by atoms with Crippen molar-refractivity contribution in [2.45, 2.75) is 13.5 Å². The SMILES string of the molecule is COc1ccccc1NCC(=O)NCc1ccccc1C. The van der Waals surface area contributed by atoms with Gasteiger partial charge in [0.15, 0.2) is 0 Å². The first-order valence-corrected chi connectivity index (χ1v) is 6.89. The highest BCUT2D eigenvalue weighted by atomic mass is 16.5. The van der Waals surface area contributed by atoms with Gasteiger partial charge in [-0.05, 0) is 30.2 Å². The van der Waals surface area contributed by atoms with Crippen molar-refractivity contribution in [1.82, 2.24) is 5.32 Å². The minimum absolute atomic E-state index is 0.0517. The van der Waals surface area contributed by atoms with E-state index < -0.39 is 0 Å². The molecule has 0 saturated heterocycles. The number of hydrogen-bond acceptors (Lipinski definition) is 3. The molecule has 0 aliphatic rings. The molecule has 2 N–H and O–H groups in total. The molecule has 0 radical (unpaired) electrons. The molecule has 0 aliphatic heterocycles. The third-order valence-electron chi connectivity index (χ3n) is 3.28. The van der Waals surface area contributed by atoms with Crippen LogP contribution in [0.5, 0.6) is 5.75 Å². The molecular formula is C17H20N2O2. The fourth-order valence-corrected chi connectivity index (χ4v) is 2.03. The summed E-state index contributed by atoms with van der Waals surface area (Å²) in [6, 6.07) is 15.5. The van der Waals surface area contributed by atoms with Crippen molar-refractivity contribution in [2.75, 3.05) is 19.0 Å². The molecule has 0 unspecified atom stereocenters. The second-order valence-corrected chi connectivity index (χ2v) is 4.76. The second kappa shape index (κ2) is 7.33. The maximum Gasteiger partial charge on any atom is 0.239 e. The molecule has 21 heavy (non-hydrogen) atoms. The third kappa shape index (κ3) is 4.24. The van der Waals surface area contributed by atoms with Crippen LogP contribution in [-0.2, 0) is 11.3 Å². The zero-order valence-electron chi connectivity index (χ0n) is 12.3. The van der Waals surface area contributed by atoms with Gasteiger partial charge in [0.25, 0.3) is 0 Å². The van der Waals surface area contributed by atoms with Crippen molar-refractivity contribution in [3.8, 4) is 5.75 Å². The normalized spacial score (nSPS) is 10.0. The van der Waals surface area contributed by atoms with E-state index in [9.17, 15) is 4.79 Å². The molecule has 0 aromatic heterocycles. The van der Waals surface area contributed by atoms with E-state index in [-0.39, 0.29) is 12.5 Å². The summed E-state index contributed by atoms with van der Waals surface area (Å²) >= 11 is 0. The summed E-state index contributed by atoms with van der Waals surface area (Å²) in [6.45, 7) is 2.79. The van der Waals surface area contributed by atoms with Gasteiger partial charge in [-0.3, -0.25) is 4.79 Å². The lowest BCUT2D eigenvalue weighted by Crippen LogP contribution is -2.29. The number of nitrogens with one attached hydrogen (secondary N) is 2. The molecule has 2 aromatic rings. The highest BCUT2D eigenvalue weighted by Crippen LogP contribution is 2.22. The van der Waals surface area contributed by atoms with Crippen LogP contribution in [0.3, 0.4) is 0 Å². The molecular weight excluding hydrogens is 264 g/mol. The van der Waals surface area contributed by atoms with Gasteiger partial charge in [-0.1, -0.05) is 36.4 Å². The quantitative estimate of drug-likeness (QED) is 0.857. The molecule has 2 rings (SSSR count). The van der Waals surface area contributed by atoms with Crippen LogP contribution in [0, 0.1) is 6.92 Å². The lowest BCUT2D eigenvalue weighted by Gasteiger charge is -2.11. The monoisotopic (exact) mass is 284 g/mol. The smallest absolute Gasteiger partial charge is 0.239 e. The summed E-state index contributed by atoms with van der Waals surface area (Å²) < 4.78 is 5.23. The molecule has 0 bridgehead atoms. The fourth-order valence-electron chi connectivity index (χ4n) is 2.03. The average Bonchev–Trinajstić information content (AvgIpc) is 2.52. The number of para-hydroxylation sites is 2. The van der Waals surface area contributed by atoms with Gasteiger partial charge in [-0.25, -0.2) is 0 Å². The number of rotatable bonds is 6. The van der Waals surface area contributed by atoms with Crippen LogP contribution in [0.4, 0.5) is 5.69 Å². The van der Waals surface area contributed by atoms with Crippen molar-refractivity contribution in [3.05, 3.63) is 59.7 Å². The average molecular weight is 284 g/mol. The minimum Gasteiger partial charge on any atom is -0.495 e. The predicted octanol–water partition coefficient (Wildman–Crippen LogP) is 2.73. The Labute approximate surface area is 125 Å². The van der Waals surface area contributed by atoms with Crippen molar-refractivity contribution in [1.29, 1.82) is 0 Å². The molecule has 2 aromatic carbocycles. The first kappa shape index (κ1) is 14.9. The predicted molar refractivity (Wildman–Crippen MR) is 84.5 cm³/mol. The lowest BCUT2D eigenvalue weighted by molar-refractivity contribution is -0.119. The Balaban J connectivity index is 1.84. The number of anilines is 1. The van der Waals surface area contributed by atoms with E-state index >= 15 is 0 Å². The van der Waals surface area contributed by atoms with Crippen LogP contribution < -0.4 is 15.4 Å². The number of carbonyl (C=O) groups is 1. The third-order valence-corrected chi connectivity index (χ3v) is 3.28. The van der Waals surface area contributed by atoms with Crippen molar-refractivity contribution >= 4 is 11.6 Å². The van der Waals surface area contributed by atoms with Gasteiger partial charge in [0.1, 0.15) is 5.75 Å². The summed E-state index contributed by atoms with van der Waals surface area (Å²) in [4.78, 5) is 11.9. The molecule has 0 saturated carbocycles. The zero-order valence-corrected chi connectivity index (χ0v) is 12.3. The Hall–Kier alpha value is -2.49. The first-order valence-electron chi connectivity index (χ1n) is 6.89. The van der Waals surface area contributed by atoms with E-state index in [1.165, 1.54) is 5.56 Å². The highest BCUT2D eigenvalue weighted by Gasteiger charge is 2.05. The van der Waals surface area contributed by atoms with Gasteiger partial charge < -0.3 is 15.4 Å². The number of ether oxygens (including phenoxy) is 1. The number of hydrogen-bond donors (Lipinski definition) is 2. The van der Waals surface area contributed by atoms with E-state index in [1.807, 2.05) is 55.5 Å². The molecule has 0 heterocycles. The van der Waals surface area contributed by atoms with E-state index in [0.29, 0.717) is 6.54 Å². The maximum absolute atomic E-state index is 11.9. The number of aryl methyl sites for hydroxylation is 1. The molecule has 4 heteroatoms. The van der Waals surface area contributed by atoms with Crippen LogP contribution in [-0.4, -0.2) is 19.6 Å². The van der Waals surface area contributed by atoms with E-state index in [2.05, 4.69) is 10.6 Å². The van der Waals surface area contributed by atoms with Gasteiger partial charge in [0.2, 0.25) is 5.91 Å². The number of carbonyl (C=O) groups excluding carboxylic acids is 1. The van der Waals surface area contributed by atoms with Gasteiger partial charge in [-0.2, -0.15) is 0 Å². The molecule has 0 aliphatic carbocycles. The van der Waals surface area contributed by atoms with Gasteiger partial charge in [0.05, 0.1) is 19.3 Å². The summed E-state index contributed by atoms with van der Waals surface area (Å²) in [7, 11) is 1.61. The molecule has 4 nitrogen and oxygen atoms in total. The first-order chi connectivity index (χ1) is 10.2. The summed E-state index contributed by atoms with van der Waals surface area (Å²) in [5, 5.41) is 5.98. The summed E-state index contributed by atoms with van der Waals surface area (Å²) in [6.07, 6.45) is 0. The Kier molecular flexibility index (Phi) is 5.21. The maximum atomic E-state index is 11.9. The van der Waals surface area contributed by atoms with Crippen molar-refractivity contribution in [3.63, 3.8) is 0 Å². The molecule has 0 atom stereocenters. The van der Waals surface area contributed by atoms with E-state index in [4.69, 9.17) is 4.74 Å².